The van der Waals surface area contributed by atoms with Gasteiger partial charge in [0, 0.05) is 0 Å². The molecule has 0 fully saturated rings. The number of aryl methyl sites for hydroxylation is 1. The Bertz CT molecular complexity index is 726. The van der Waals surface area contributed by atoms with Gasteiger partial charge in [0.25, 0.3) is 0 Å². The van der Waals surface area contributed by atoms with Gasteiger partial charge in [-0.05, 0) is 24.6 Å². The molecule has 0 spiro atoms. The average molecular weight is 329 g/mol. The Balaban J connectivity index is 2.37. The van der Waals surface area contributed by atoms with Crippen LogP contribution in [0.5, 0.6) is 0 Å². The van der Waals surface area contributed by atoms with Crippen molar-refractivity contribution in [2.45, 2.75) is 24.0 Å². The fourth-order valence-corrected chi connectivity index (χ4v) is 3.12. The highest BCUT2D eigenvalue weighted by atomic mass is 32.2. The van der Waals surface area contributed by atoms with Crippen molar-refractivity contribution in [1.29, 1.82) is 0 Å². The van der Waals surface area contributed by atoms with Gasteiger partial charge >= 0.3 is 6.18 Å². The molecule has 2 rings (SSSR count). The highest BCUT2D eigenvalue weighted by molar-refractivity contribution is 7.89. The summed E-state index contributed by atoms with van der Waals surface area (Å²) in [4.78, 5) is -0.205. The summed E-state index contributed by atoms with van der Waals surface area (Å²) in [6.07, 6.45) is -4.74. The zero-order valence-electron chi connectivity index (χ0n) is 11.6. The van der Waals surface area contributed by atoms with Crippen LogP contribution in [0.2, 0.25) is 0 Å². The van der Waals surface area contributed by atoms with Gasteiger partial charge in [0.2, 0.25) is 10.0 Å². The molecule has 2 aromatic carbocycles. The Kier molecular flexibility index (Phi) is 4.58. The number of hydrogen-bond acceptors (Lipinski definition) is 2. The quantitative estimate of drug-likeness (QED) is 0.932. The van der Waals surface area contributed by atoms with E-state index in [1.807, 2.05) is 0 Å². The Morgan fingerprint density at radius 2 is 1.50 bits per heavy atom. The predicted octanol–water partition coefficient (Wildman–Crippen LogP) is 3.58. The number of rotatable bonds is 4. The number of halogens is 3. The van der Waals surface area contributed by atoms with Crippen LogP contribution in [-0.4, -0.2) is 14.6 Å². The minimum absolute atomic E-state index is 0.161. The molecule has 0 aliphatic heterocycles. The van der Waals surface area contributed by atoms with Crippen molar-refractivity contribution >= 4 is 10.0 Å². The normalized spacial score (nSPS) is 13.8. The fraction of sp³-hybridized carbons (Fsp3) is 0.200. The first-order valence-electron chi connectivity index (χ1n) is 6.41. The van der Waals surface area contributed by atoms with Gasteiger partial charge in [0.05, 0.1) is 4.90 Å². The van der Waals surface area contributed by atoms with Crippen LogP contribution in [0.1, 0.15) is 17.2 Å². The molecule has 0 aromatic heterocycles. The summed E-state index contributed by atoms with van der Waals surface area (Å²) in [5.74, 6) is 0. The van der Waals surface area contributed by atoms with E-state index in [4.69, 9.17) is 0 Å². The van der Waals surface area contributed by atoms with Crippen LogP contribution >= 0.6 is 0 Å². The maximum Gasteiger partial charge on any atom is 0.408 e. The van der Waals surface area contributed by atoms with Crippen molar-refractivity contribution in [2.24, 2.45) is 0 Å². The number of sulfonamides is 1. The second kappa shape index (κ2) is 6.10. The molecule has 0 aliphatic rings. The van der Waals surface area contributed by atoms with Crippen LogP contribution in [0, 0.1) is 6.92 Å². The average Bonchev–Trinajstić information content (AvgIpc) is 2.45. The zero-order valence-corrected chi connectivity index (χ0v) is 12.4. The standard InChI is InChI=1S/C15H14F3NO2S/c1-11-7-9-13(10-8-11)22(20,21)19-14(15(16,17)18)12-5-3-2-4-6-12/h2-10,14,19H,1H3. The van der Waals surface area contributed by atoms with E-state index >= 15 is 0 Å². The molecule has 1 N–H and O–H groups in total. The van der Waals surface area contributed by atoms with Crippen molar-refractivity contribution in [2.75, 3.05) is 0 Å². The molecule has 0 aliphatic carbocycles. The molecule has 3 nitrogen and oxygen atoms in total. The molecule has 1 atom stereocenters. The van der Waals surface area contributed by atoms with Crippen molar-refractivity contribution in [3.8, 4) is 0 Å². The zero-order chi connectivity index (χ0) is 16.4. The monoisotopic (exact) mass is 329 g/mol. The molecule has 7 heteroatoms. The molecule has 22 heavy (non-hydrogen) atoms. The maximum atomic E-state index is 13.2. The number of hydrogen-bond donors (Lipinski definition) is 1. The summed E-state index contributed by atoms with van der Waals surface area (Å²) in [6.45, 7) is 1.76. The van der Waals surface area contributed by atoms with Gasteiger partial charge in [-0.15, -0.1) is 0 Å². The van der Waals surface area contributed by atoms with Crippen LogP contribution in [0.15, 0.2) is 59.5 Å². The molecule has 0 radical (unpaired) electrons. The third-order valence-corrected chi connectivity index (χ3v) is 4.50. The van der Waals surface area contributed by atoms with Crippen molar-refractivity contribution < 1.29 is 21.6 Å². The van der Waals surface area contributed by atoms with E-state index in [-0.39, 0.29) is 10.5 Å². The lowest BCUT2D eigenvalue weighted by atomic mass is 10.1. The van der Waals surface area contributed by atoms with E-state index in [0.29, 0.717) is 0 Å². The SMILES string of the molecule is Cc1ccc(S(=O)(=O)NC(c2ccccc2)C(F)(F)F)cc1. The molecule has 0 bridgehead atoms. The predicted molar refractivity (Wildman–Crippen MR) is 76.7 cm³/mol. The van der Waals surface area contributed by atoms with Crippen LogP contribution in [0.25, 0.3) is 0 Å². The third kappa shape index (κ3) is 3.86. The van der Waals surface area contributed by atoms with Gasteiger partial charge in [0.15, 0.2) is 0 Å². The Morgan fingerprint density at radius 3 is 2.00 bits per heavy atom. The van der Waals surface area contributed by atoms with E-state index in [2.05, 4.69) is 0 Å². The molecule has 0 saturated carbocycles. The molecule has 118 valence electrons. The second-order valence-electron chi connectivity index (χ2n) is 4.82. The Morgan fingerprint density at radius 1 is 0.955 bits per heavy atom. The van der Waals surface area contributed by atoms with Crippen molar-refractivity contribution in [1.82, 2.24) is 4.72 Å². The largest absolute Gasteiger partial charge is 0.408 e. The van der Waals surface area contributed by atoms with Crippen molar-refractivity contribution in [3.05, 3.63) is 65.7 Å². The summed E-state index contributed by atoms with van der Waals surface area (Å²) in [5.41, 5.74) is 0.653. The molecular formula is C15H14F3NO2S. The minimum Gasteiger partial charge on any atom is -0.207 e. The Labute approximate surface area is 126 Å². The third-order valence-electron chi connectivity index (χ3n) is 3.06. The van der Waals surface area contributed by atoms with Gasteiger partial charge in [-0.2, -0.15) is 17.9 Å². The lowest BCUT2D eigenvalue weighted by molar-refractivity contribution is -0.153. The topological polar surface area (TPSA) is 46.2 Å². The molecule has 0 heterocycles. The number of alkyl halides is 3. The molecule has 2 aromatic rings. The summed E-state index contributed by atoms with van der Waals surface area (Å²) in [5, 5.41) is 0. The van der Waals surface area contributed by atoms with E-state index in [1.165, 1.54) is 48.5 Å². The maximum absolute atomic E-state index is 13.2. The molecule has 1 unspecified atom stereocenters. The van der Waals surface area contributed by atoms with E-state index in [9.17, 15) is 21.6 Å². The summed E-state index contributed by atoms with van der Waals surface area (Å²) >= 11 is 0. The lowest BCUT2D eigenvalue weighted by Gasteiger charge is -2.22. The number of nitrogens with one attached hydrogen (secondary N) is 1. The first-order valence-corrected chi connectivity index (χ1v) is 7.89. The van der Waals surface area contributed by atoms with Crippen LogP contribution in [-0.2, 0) is 10.0 Å². The summed E-state index contributed by atoms with van der Waals surface area (Å²) in [6, 6.07) is 10.2. The van der Waals surface area contributed by atoms with Gasteiger partial charge in [0.1, 0.15) is 6.04 Å². The first-order chi connectivity index (χ1) is 10.2. The van der Waals surface area contributed by atoms with Crippen LogP contribution in [0.4, 0.5) is 13.2 Å². The first kappa shape index (κ1) is 16.5. The van der Waals surface area contributed by atoms with Gasteiger partial charge in [-0.1, -0.05) is 48.0 Å². The number of benzene rings is 2. The van der Waals surface area contributed by atoms with E-state index in [1.54, 1.807) is 17.7 Å². The lowest BCUT2D eigenvalue weighted by Crippen LogP contribution is -2.38. The van der Waals surface area contributed by atoms with E-state index in [0.717, 1.165) is 5.56 Å². The summed E-state index contributed by atoms with van der Waals surface area (Å²) in [7, 11) is -4.28. The smallest absolute Gasteiger partial charge is 0.207 e. The van der Waals surface area contributed by atoms with Gasteiger partial charge in [-0.25, -0.2) is 8.42 Å². The Hall–Kier alpha value is -1.86. The van der Waals surface area contributed by atoms with Gasteiger partial charge in [-0.3, -0.25) is 0 Å². The molecular weight excluding hydrogens is 315 g/mol. The van der Waals surface area contributed by atoms with Crippen molar-refractivity contribution in [3.63, 3.8) is 0 Å². The highest BCUT2D eigenvalue weighted by Gasteiger charge is 2.43. The minimum atomic E-state index is -4.74. The highest BCUT2D eigenvalue weighted by Crippen LogP contribution is 2.33. The van der Waals surface area contributed by atoms with E-state index < -0.39 is 22.2 Å². The van der Waals surface area contributed by atoms with Gasteiger partial charge < -0.3 is 0 Å². The fourth-order valence-electron chi connectivity index (χ4n) is 1.91. The molecule has 0 saturated heterocycles. The molecule has 0 amide bonds. The second-order valence-corrected chi connectivity index (χ2v) is 6.53. The van der Waals surface area contributed by atoms with Crippen LogP contribution < -0.4 is 4.72 Å². The van der Waals surface area contributed by atoms with Crippen LogP contribution in [0.3, 0.4) is 0 Å². The summed E-state index contributed by atoms with van der Waals surface area (Å²) < 4.78 is 65.6.